The van der Waals surface area contributed by atoms with Gasteiger partial charge in [-0.3, -0.25) is 4.90 Å². The van der Waals surface area contributed by atoms with Gasteiger partial charge in [0.25, 0.3) is 0 Å². The van der Waals surface area contributed by atoms with Gasteiger partial charge in [0.05, 0.1) is 0 Å². The third-order valence-corrected chi connectivity index (χ3v) is 5.91. The summed E-state index contributed by atoms with van der Waals surface area (Å²) in [4.78, 5) is 4.14. The van der Waals surface area contributed by atoms with Gasteiger partial charge < -0.3 is 5.32 Å². The molecule has 2 saturated heterocycles. The Morgan fingerprint density at radius 1 is 1.14 bits per heavy atom. The van der Waals surface area contributed by atoms with E-state index in [0.717, 1.165) is 6.54 Å². The zero-order valence-corrected chi connectivity index (χ0v) is 13.2. The molecule has 2 nitrogen and oxygen atoms in total. The summed E-state index contributed by atoms with van der Waals surface area (Å²) < 4.78 is 0. The SMILES string of the molecule is c1ccc(-c2csc(CN3CCC4(CCNC4)C3)c2)cc1. The summed E-state index contributed by atoms with van der Waals surface area (Å²) in [7, 11) is 0. The fourth-order valence-electron chi connectivity index (χ4n) is 3.77. The second-order valence-corrected chi connectivity index (χ2v) is 7.55. The minimum Gasteiger partial charge on any atom is -0.316 e. The van der Waals surface area contributed by atoms with Crippen LogP contribution < -0.4 is 5.32 Å². The molecule has 2 fully saturated rings. The van der Waals surface area contributed by atoms with Crippen LogP contribution in [0.15, 0.2) is 41.8 Å². The summed E-state index contributed by atoms with van der Waals surface area (Å²) in [5.74, 6) is 0. The quantitative estimate of drug-likeness (QED) is 0.931. The maximum absolute atomic E-state index is 3.54. The molecule has 110 valence electrons. The first-order valence-electron chi connectivity index (χ1n) is 7.89. The number of thiophene rings is 1. The fraction of sp³-hybridized carbons (Fsp3) is 0.444. The molecular weight excluding hydrogens is 276 g/mol. The Hall–Kier alpha value is -1.16. The number of nitrogens with zero attached hydrogens (tertiary/aromatic N) is 1. The molecule has 1 atom stereocenters. The number of rotatable bonds is 3. The van der Waals surface area contributed by atoms with Crippen LogP contribution in [0.5, 0.6) is 0 Å². The topological polar surface area (TPSA) is 15.3 Å². The van der Waals surface area contributed by atoms with Crippen LogP contribution in [0.1, 0.15) is 17.7 Å². The van der Waals surface area contributed by atoms with Crippen LogP contribution in [0.4, 0.5) is 0 Å². The molecule has 1 unspecified atom stereocenters. The van der Waals surface area contributed by atoms with Crippen LogP contribution in [0, 0.1) is 5.41 Å². The van der Waals surface area contributed by atoms with Crippen molar-refractivity contribution in [2.24, 2.45) is 5.41 Å². The van der Waals surface area contributed by atoms with E-state index in [2.05, 4.69) is 52.0 Å². The molecule has 3 heteroatoms. The van der Waals surface area contributed by atoms with Crippen LogP contribution in [0.3, 0.4) is 0 Å². The Morgan fingerprint density at radius 3 is 2.86 bits per heavy atom. The first-order valence-corrected chi connectivity index (χ1v) is 8.77. The number of likely N-dealkylation sites (tertiary alicyclic amines) is 1. The molecule has 0 bridgehead atoms. The first kappa shape index (κ1) is 13.5. The van der Waals surface area contributed by atoms with E-state index in [1.807, 2.05) is 11.3 Å². The predicted molar refractivity (Wildman–Crippen MR) is 89.6 cm³/mol. The second-order valence-electron chi connectivity index (χ2n) is 6.56. The van der Waals surface area contributed by atoms with E-state index in [-0.39, 0.29) is 0 Å². The fourth-order valence-corrected chi connectivity index (χ4v) is 4.71. The highest BCUT2D eigenvalue weighted by molar-refractivity contribution is 7.10. The molecule has 1 N–H and O–H groups in total. The van der Waals surface area contributed by atoms with Crippen molar-refractivity contribution in [3.8, 4) is 11.1 Å². The third kappa shape index (κ3) is 2.78. The number of hydrogen-bond acceptors (Lipinski definition) is 3. The molecule has 0 saturated carbocycles. The van der Waals surface area contributed by atoms with Gasteiger partial charge in [-0.25, -0.2) is 0 Å². The average Bonchev–Trinajstić information content (AvgIpc) is 3.24. The Labute approximate surface area is 130 Å². The van der Waals surface area contributed by atoms with E-state index in [1.165, 1.54) is 55.0 Å². The molecule has 2 aliphatic heterocycles. The Kier molecular flexibility index (Phi) is 3.57. The molecule has 0 radical (unpaired) electrons. The Morgan fingerprint density at radius 2 is 2.05 bits per heavy atom. The normalized spacial score (nSPS) is 25.9. The van der Waals surface area contributed by atoms with E-state index in [4.69, 9.17) is 0 Å². The molecule has 4 rings (SSSR count). The molecule has 3 heterocycles. The third-order valence-electron chi connectivity index (χ3n) is 4.99. The molecule has 21 heavy (non-hydrogen) atoms. The van der Waals surface area contributed by atoms with Crippen molar-refractivity contribution in [2.45, 2.75) is 19.4 Å². The highest BCUT2D eigenvalue weighted by atomic mass is 32.1. The van der Waals surface area contributed by atoms with Crippen LogP contribution in [-0.4, -0.2) is 31.1 Å². The minimum atomic E-state index is 0.583. The maximum atomic E-state index is 3.54. The summed E-state index contributed by atoms with van der Waals surface area (Å²) in [5.41, 5.74) is 3.28. The molecule has 1 aromatic carbocycles. The van der Waals surface area contributed by atoms with E-state index < -0.39 is 0 Å². The zero-order chi connectivity index (χ0) is 14.1. The smallest absolute Gasteiger partial charge is 0.0328 e. The summed E-state index contributed by atoms with van der Waals surface area (Å²) in [6.07, 6.45) is 2.74. The van der Waals surface area contributed by atoms with Crippen LogP contribution in [-0.2, 0) is 6.54 Å². The van der Waals surface area contributed by atoms with Crippen molar-refractivity contribution in [1.29, 1.82) is 0 Å². The van der Waals surface area contributed by atoms with E-state index in [9.17, 15) is 0 Å². The molecule has 2 aliphatic rings. The lowest BCUT2D eigenvalue weighted by molar-refractivity contribution is 0.270. The van der Waals surface area contributed by atoms with Gasteiger partial charge in [-0.15, -0.1) is 11.3 Å². The lowest BCUT2D eigenvalue weighted by atomic mass is 9.87. The van der Waals surface area contributed by atoms with Crippen molar-refractivity contribution < 1.29 is 0 Å². The molecular formula is C18H22N2S. The number of hydrogen-bond donors (Lipinski definition) is 1. The number of benzene rings is 1. The van der Waals surface area contributed by atoms with Gasteiger partial charge >= 0.3 is 0 Å². The lowest BCUT2D eigenvalue weighted by Gasteiger charge is -2.22. The summed E-state index contributed by atoms with van der Waals surface area (Å²) >= 11 is 1.90. The van der Waals surface area contributed by atoms with Crippen molar-refractivity contribution in [3.63, 3.8) is 0 Å². The van der Waals surface area contributed by atoms with Gasteiger partial charge in [0, 0.05) is 24.5 Å². The van der Waals surface area contributed by atoms with Crippen molar-refractivity contribution in [2.75, 3.05) is 26.2 Å². The predicted octanol–water partition coefficient (Wildman–Crippen LogP) is 3.60. The summed E-state index contributed by atoms with van der Waals surface area (Å²) in [6.45, 7) is 6.10. The van der Waals surface area contributed by atoms with Crippen LogP contribution >= 0.6 is 11.3 Å². The zero-order valence-electron chi connectivity index (χ0n) is 12.3. The second kappa shape index (κ2) is 5.56. The minimum absolute atomic E-state index is 0.583. The van der Waals surface area contributed by atoms with Gasteiger partial charge in [0.1, 0.15) is 0 Å². The Bertz CT molecular complexity index is 599. The Balaban J connectivity index is 1.43. The maximum Gasteiger partial charge on any atom is 0.0328 e. The van der Waals surface area contributed by atoms with Gasteiger partial charge in [-0.1, -0.05) is 30.3 Å². The van der Waals surface area contributed by atoms with E-state index >= 15 is 0 Å². The van der Waals surface area contributed by atoms with Crippen LogP contribution in [0.2, 0.25) is 0 Å². The molecule has 1 aromatic heterocycles. The van der Waals surface area contributed by atoms with E-state index in [0.29, 0.717) is 5.41 Å². The lowest BCUT2D eigenvalue weighted by Crippen LogP contribution is -2.28. The molecule has 0 amide bonds. The standard InChI is InChI=1S/C18H22N2S/c1-2-4-15(5-3-1)16-10-17(21-12-16)11-20-9-7-18(14-20)6-8-19-13-18/h1-5,10,12,19H,6-9,11,13-14H2. The van der Waals surface area contributed by atoms with Crippen molar-refractivity contribution in [3.05, 3.63) is 46.7 Å². The molecule has 2 aromatic rings. The van der Waals surface area contributed by atoms with Gasteiger partial charge in [0.15, 0.2) is 0 Å². The van der Waals surface area contributed by atoms with Gasteiger partial charge in [-0.2, -0.15) is 0 Å². The van der Waals surface area contributed by atoms with Gasteiger partial charge in [-0.05, 0) is 53.9 Å². The average molecular weight is 298 g/mol. The summed E-state index contributed by atoms with van der Waals surface area (Å²) in [5, 5.41) is 5.84. The highest BCUT2D eigenvalue weighted by Crippen LogP contribution is 2.37. The molecule has 0 aliphatic carbocycles. The van der Waals surface area contributed by atoms with Crippen molar-refractivity contribution in [1.82, 2.24) is 10.2 Å². The highest BCUT2D eigenvalue weighted by Gasteiger charge is 2.40. The number of nitrogens with one attached hydrogen (secondary N) is 1. The van der Waals surface area contributed by atoms with Crippen LogP contribution in [0.25, 0.3) is 11.1 Å². The largest absolute Gasteiger partial charge is 0.316 e. The first-order chi connectivity index (χ1) is 10.3. The van der Waals surface area contributed by atoms with Crippen molar-refractivity contribution >= 4 is 11.3 Å². The molecule has 1 spiro atoms. The monoisotopic (exact) mass is 298 g/mol. The summed E-state index contributed by atoms with van der Waals surface area (Å²) in [6, 6.07) is 13.1. The van der Waals surface area contributed by atoms with Gasteiger partial charge in [0.2, 0.25) is 0 Å². The van der Waals surface area contributed by atoms with E-state index in [1.54, 1.807) is 0 Å².